The van der Waals surface area contributed by atoms with Crippen molar-refractivity contribution in [3.05, 3.63) is 35.6 Å². The number of nitrogens with one attached hydrogen (secondary N) is 2. The molecule has 0 saturated heterocycles. The zero-order valence-corrected chi connectivity index (χ0v) is 12.0. The van der Waals surface area contributed by atoms with Gasteiger partial charge >= 0.3 is 0 Å². The quantitative estimate of drug-likeness (QED) is 0.839. The summed E-state index contributed by atoms with van der Waals surface area (Å²) in [7, 11) is 0. The van der Waals surface area contributed by atoms with Crippen LogP contribution >= 0.6 is 0 Å². The van der Waals surface area contributed by atoms with Gasteiger partial charge in [0.2, 0.25) is 5.91 Å². The predicted octanol–water partition coefficient (Wildman–Crippen LogP) is 2.41. The van der Waals surface area contributed by atoms with Gasteiger partial charge in [0.25, 0.3) is 0 Å². The van der Waals surface area contributed by atoms with Gasteiger partial charge in [-0.2, -0.15) is 0 Å². The van der Waals surface area contributed by atoms with Crippen molar-refractivity contribution < 1.29 is 9.18 Å². The number of carbonyl (C=O) groups is 1. The SMILES string of the molecule is CC(NCCc1ccc(F)cc1)C(=O)NC1CCCC1. The summed E-state index contributed by atoms with van der Waals surface area (Å²) in [5.74, 6) is -0.137. The monoisotopic (exact) mass is 278 g/mol. The molecule has 2 N–H and O–H groups in total. The highest BCUT2D eigenvalue weighted by molar-refractivity contribution is 5.81. The molecule has 1 aliphatic carbocycles. The van der Waals surface area contributed by atoms with Gasteiger partial charge in [-0.15, -0.1) is 0 Å². The normalized spacial score (nSPS) is 17.1. The van der Waals surface area contributed by atoms with E-state index in [1.165, 1.54) is 25.0 Å². The fraction of sp³-hybridized carbons (Fsp3) is 0.562. The molecule has 1 saturated carbocycles. The molecule has 0 radical (unpaired) electrons. The van der Waals surface area contributed by atoms with Gasteiger partial charge in [-0.3, -0.25) is 4.79 Å². The third-order valence-electron chi connectivity index (χ3n) is 3.87. The molecule has 3 nitrogen and oxygen atoms in total. The Kier molecular flexibility index (Phi) is 5.53. The van der Waals surface area contributed by atoms with E-state index in [-0.39, 0.29) is 17.8 Å². The molecule has 0 aliphatic heterocycles. The topological polar surface area (TPSA) is 41.1 Å². The molecule has 1 unspecified atom stereocenters. The minimum Gasteiger partial charge on any atom is -0.352 e. The lowest BCUT2D eigenvalue weighted by molar-refractivity contribution is -0.123. The molecule has 1 aliphatic rings. The van der Waals surface area contributed by atoms with Gasteiger partial charge in [-0.1, -0.05) is 25.0 Å². The van der Waals surface area contributed by atoms with Crippen LogP contribution in [0.1, 0.15) is 38.2 Å². The van der Waals surface area contributed by atoms with Gasteiger partial charge < -0.3 is 10.6 Å². The van der Waals surface area contributed by atoms with Crippen molar-refractivity contribution in [2.45, 2.75) is 51.1 Å². The van der Waals surface area contributed by atoms with Gasteiger partial charge in [0.15, 0.2) is 0 Å². The first-order chi connectivity index (χ1) is 9.65. The molecule has 2 rings (SSSR count). The summed E-state index contributed by atoms with van der Waals surface area (Å²) in [6.45, 7) is 2.60. The molecule has 1 aromatic carbocycles. The van der Waals surface area contributed by atoms with E-state index in [0.717, 1.165) is 24.8 Å². The smallest absolute Gasteiger partial charge is 0.237 e. The van der Waals surface area contributed by atoms with Crippen LogP contribution in [0.4, 0.5) is 4.39 Å². The van der Waals surface area contributed by atoms with Crippen molar-refractivity contribution >= 4 is 5.91 Å². The van der Waals surface area contributed by atoms with E-state index in [1.807, 2.05) is 6.92 Å². The Hall–Kier alpha value is -1.42. The second-order valence-electron chi connectivity index (χ2n) is 5.54. The molecule has 110 valence electrons. The van der Waals surface area contributed by atoms with Crippen molar-refractivity contribution in [1.82, 2.24) is 10.6 Å². The fourth-order valence-electron chi connectivity index (χ4n) is 2.57. The first-order valence-corrected chi connectivity index (χ1v) is 7.43. The largest absolute Gasteiger partial charge is 0.352 e. The highest BCUT2D eigenvalue weighted by Crippen LogP contribution is 2.17. The van der Waals surface area contributed by atoms with Crippen LogP contribution in [0.25, 0.3) is 0 Å². The zero-order valence-electron chi connectivity index (χ0n) is 12.0. The van der Waals surface area contributed by atoms with E-state index in [4.69, 9.17) is 0 Å². The number of hydrogen-bond donors (Lipinski definition) is 2. The molecule has 0 spiro atoms. The van der Waals surface area contributed by atoms with Gasteiger partial charge in [0.05, 0.1) is 6.04 Å². The average molecular weight is 278 g/mol. The predicted molar refractivity (Wildman–Crippen MR) is 78.0 cm³/mol. The van der Waals surface area contributed by atoms with Crippen molar-refractivity contribution in [1.29, 1.82) is 0 Å². The zero-order chi connectivity index (χ0) is 14.4. The highest BCUT2D eigenvalue weighted by atomic mass is 19.1. The average Bonchev–Trinajstić information content (AvgIpc) is 2.93. The van der Waals surface area contributed by atoms with E-state index in [1.54, 1.807) is 12.1 Å². The van der Waals surface area contributed by atoms with Gasteiger partial charge in [-0.05, 0) is 50.4 Å². The number of amides is 1. The summed E-state index contributed by atoms with van der Waals surface area (Å²) in [6, 6.07) is 6.66. The lowest BCUT2D eigenvalue weighted by Gasteiger charge is -2.17. The second kappa shape index (κ2) is 7.39. The molecule has 1 aromatic rings. The minimum absolute atomic E-state index is 0.0796. The molecular weight excluding hydrogens is 255 g/mol. The van der Waals surface area contributed by atoms with E-state index in [9.17, 15) is 9.18 Å². The van der Waals surface area contributed by atoms with Crippen molar-refractivity contribution in [2.24, 2.45) is 0 Å². The third-order valence-corrected chi connectivity index (χ3v) is 3.87. The maximum atomic E-state index is 12.8. The molecule has 4 heteroatoms. The molecule has 0 heterocycles. The summed E-state index contributed by atoms with van der Waals surface area (Å²) < 4.78 is 12.8. The molecular formula is C16H23FN2O. The molecule has 1 fully saturated rings. The lowest BCUT2D eigenvalue weighted by Crippen LogP contribution is -2.46. The summed E-state index contributed by atoms with van der Waals surface area (Å²) in [4.78, 5) is 12.0. The molecule has 1 atom stereocenters. The fourth-order valence-corrected chi connectivity index (χ4v) is 2.57. The highest BCUT2D eigenvalue weighted by Gasteiger charge is 2.19. The van der Waals surface area contributed by atoms with E-state index >= 15 is 0 Å². The Morgan fingerprint density at radius 1 is 1.30 bits per heavy atom. The Morgan fingerprint density at radius 2 is 1.95 bits per heavy atom. The summed E-state index contributed by atoms with van der Waals surface area (Å²) in [5.41, 5.74) is 1.07. The van der Waals surface area contributed by atoms with Crippen LogP contribution in [0.15, 0.2) is 24.3 Å². The molecule has 0 bridgehead atoms. The Bertz CT molecular complexity index is 427. The van der Waals surface area contributed by atoms with Crippen LogP contribution in [0.2, 0.25) is 0 Å². The van der Waals surface area contributed by atoms with Gasteiger partial charge in [0.1, 0.15) is 5.82 Å². The van der Waals surface area contributed by atoms with Crippen molar-refractivity contribution in [2.75, 3.05) is 6.54 Å². The number of hydrogen-bond acceptors (Lipinski definition) is 2. The van der Waals surface area contributed by atoms with E-state index in [0.29, 0.717) is 12.6 Å². The molecule has 1 amide bonds. The van der Waals surface area contributed by atoms with Crippen LogP contribution in [-0.2, 0) is 11.2 Å². The van der Waals surface area contributed by atoms with Crippen LogP contribution < -0.4 is 10.6 Å². The van der Waals surface area contributed by atoms with E-state index in [2.05, 4.69) is 10.6 Å². The number of rotatable bonds is 6. The maximum Gasteiger partial charge on any atom is 0.237 e. The Labute approximate surface area is 120 Å². The van der Waals surface area contributed by atoms with Gasteiger partial charge in [-0.25, -0.2) is 4.39 Å². The Balaban J connectivity index is 1.67. The van der Waals surface area contributed by atoms with E-state index < -0.39 is 0 Å². The number of halogens is 1. The van der Waals surface area contributed by atoms with Crippen LogP contribution in [0.5, 0.6) is 0 Å². The second-order valence-corrected chi connectivity index (χ2v) is 5.54. The standard InChI is InChI=1S/C16H23FN2O/c1-12(16(20)19-15-4-2-3-5-15)18-11-10-13-6-8-14(17)9-7-13/h6-9,12,15,18H,2-5,10-11H2,1H3,(H,19,20). The van der Waals surface area contributed by atoms with Crippen LogP contribution in [-0.4, -0.2) is 24.5 Å². The maximum absolute atomic E-state index is 12.8. The third kappa shape index (κ3) is 4.60. The molecule has 20 heavy (non-hydrogen) atoms. The molecule has 0 aromatic heterocycles. The van der Waals surface area contributed by atoms with Gasteiger partial charge in [0, 0.05) is 6.04 Å². The summed E-state index contributed by atoms with van der Waals surface area (Å²) in [6.07, 6.45) is 5.44. The number of carbonyl (C=O) groups excluding carboxylic acids is 1. The lowest BCUT2D eigenvalue weighted by atomic mass is 10.1. The number of benzene rings is 1. The Morgan fingerprint density at radius 3 is 2.60 bits per heavy atom. The first-order valence-electron chi connectivity index (χ1n) is 7.43. The summed E-state index contributed by atoms with van der Waals surface area (Å²) >= 11 is 0. The van der Waals surface area contributed by atoms with Crippen molar-refractivity contribution in [3.63, 3.8) is 0 Å². The summed E-state index contributed by atoms with van der Waals surface area (Å²) in [5, 5.41) is 6.30. The van der Waals surface area contributed by atoms with Crippen molar-refractivity contribution in [3.8, 4) is 0 Å². The van der Waals surface area contributed by atoms with Crippen LogP contribution in [0.3, 0.4) is 0 Å². The van der Waals surface area contributed by atoms with Crippen LogP contribution in [0, 0.1) is 5.82 Å². The first kappa shape index (κ1) is 15.0. The minimum atomic E-state index is -0.217.